The normalized spacial score (nSPS) is 32.4. The van der Waals surface area contributed by atoms with Gasteiger partial charge in [0.05, 0.1) is 23.7 Å². The maximum absolute atomic E-state index is 15.6. The molecule has 3 aromatic carbocycles. The van der Waals surface area contributed by atoms with Gasteiger partial charge < -0.3 is 19.7 Å². The van der Waals surface area contributed by atoms with E-state index >= 15 is 8.78 Å². The summed E-state index contributed by atoms with van der Waals surface area (Å²) in [5, 5.41) is 24.2. The van der Waals surface area contributed by atoms with Crippen LogP contribution in [0, 0.1) is 29.6 Å². The van der Waals surface area contributed by atoms with Gasteiger partial charge in [-0.3, -0.25) is 0 Å². The Bertz CT molecular complexity index is 2280. The van der Waals surface area contributed by atoms with E-state index < -0.39 is 79.4 Å². The molecule has 4 aliphatic carbocycles. The van der Waals surface area contributed by atoms with Crippen LogP contribution in [-0.2, 0) is 30.2 Å². The third kappa shape index (κ3) is 7.05. The molecule has 5 aliphatic rings. The van der Waals surface area contributed by atoms with E-state index in [4.69, 9.17) is 9.47 Å². The molecule has 2 N–H and O–H groups in total. The number of sulfonamides is 1. The number of benzene rings is 3. The van der Waals surface area contributed by atoms with Gasteiger partial charge >= 0.3 is 12.1 Å². The Morgan fingerprint density at radius 2 is 1.41 bits per heavy atom. The lowest BCUT2D eigenvalue weighted by molar-refractivity contribution is -0.362. The number of rotatable bonds is 6. The Labute approximate surface area is 345 Å². The number of alkyl halides is 5. The van der Waals surface area contributed by atoms with E-state index in [9.17, 15) is 31.8 Å². The lowest BCUT2D eigenvalue weighted by Crippen LogP contribution is -2.65. The maximum Gasteiger partial charge on any atom is 0.456 e. The van der Waals surface area contributed by atoms with Crippen LogP contribution in [0.5, 0.6) is 0 Å². The molecule has 0 amide bonds. The topological polar surface area (TPSA) is 105 Å². The van der Waals surface area contributed by atoms with Crippen LogP contribution in [0.25, 0.3) is 11.1 Å². The number of hydrogen-bond acceptors (Lipinski definition) is 6. The summed E-state index contributed by atoms with van der Waals surface area (Å²) in [6, 6.07) is 21.4. The van der Waals surface area contributed by atoms with Gasteiger partial charge in [-0.15, -0.1) is 3.77 Å². The Morgan fingerprint density at radius 3 is 2.00 bits per heavy atom. The van der Waals surface area contributed by atoms with Gasteiger partial charge in [-0.1, -0.05) is 91.1 Å². The quantitative estimate of drug-likeness (QED) is 0.189. The van der Waals surface area contributed by atoms with Gasteiger partial charge in [-0.2, -0.15) is 30.4 Å². The first-order chi connectivity index (χ1) is 27.4. The Hall–Kier alpha value is -3.01. The number of aryl methyl sites for hydroxylation is 1. The zero-order valence-electron chi connectivity index (χ0n) is 33.9. The second-order valence-corrected chi connectivity index (χ2v) is 22.1. The Kier molecular flexibility index (Phi) is 10.3. The lowest BCUT2D eigenvalue weighted by Gasteiger charge is -2.59. The van der Waals surface area contributed by atoms with Gasteiger partial charge in [0.1, 0.15) is 5.60 Å². The smallest absolute Gasteiger partial charge is 0.385 e. The lowest BCUT2D eigenvalue weighted by atomic mass is 9.49. The van der Waals surface area contributed by atoms with Crippen LogP contribution < -0.4 is 0 Å². The number of halogens is 5. The van der Waals surface area contributed by atoms with Crippen LogP contribution in [-0.4, -0.2) is 67.2 Å². The molecule has 7 nitrogen and oxygen atoms in total. The highest BCUT2D eigenvalue weighted by Gasteiger charge is 2.79. The van der Waals surface area contributed by atoms with Crippen molar-refractivity contribution in [2.24, 2.45) is 26.4 Å². The highest BCUT2D eigenvalue weighted by atomic mass is 32.3. The molecule has 14 heteroatoms. The first-order valence-corrected chi connectivity index (χ1v) is 23.3. The number of fused-ring (bicyclic) bond motifs is 4. The van der Waals surface area contributed by atoms with Crippen LogP contribution in [0.4, 0.5) is 22.0 Å². The van der Waals surface area contributed by atoms with Gasteiger partial charge in [0.15, 0.2) is 5.79 Å². The predicted octanol–water partition coefficient (Wildman–Crippen LogP) is 10.1. The second-order valence-electron chi connectivity index (χ2n) is 18.7. The molecule has 3 aromatic rings. The summed E-state index contributed by atoms with van der Waals surface area (Å²) in [6.45, 7) is 8.31. The highest BCUT2D eigenvalue weighted by Crippen LogP contribution is 2.71. The van der Waals surface area contributed by atoms with E-state index in [0.717, 1.165) is 32.7 Å². The van der Waals surface area contributed by atoms with Crippen molar-refractivity contribution in [1.29, 1.82) is 0 Å². The van der Waals surface area contributed by atoms with Gasteiger partial charge in [-0.05, 0) is 110 Å². The van der Waals surface area contributed by atoms with Gasteiger partial charge in [0.25, 0.3) is 10.0 Å². The fourth-order valence-electron chi connectivity index (χ4n) is 11.0. The summed E-state index contributed by atoms with van der Waals surface area (Å²) in [5.41, 5.74) is -1.64. The standard InChI is InChI=1S/C45H52F5NO6S2/c1-28-6-16-33(17-7-28)59(54,55)51-58(5)32-14-12-30(13-15-32)29-8-10-31(11-9-29)35-24-40(4)36(20-23-43(40,53)44(46,47)45(48,49)50)34-18-21-41(52)25-42(22-19-37(41)38(34)35)56-26-39(2,3)27-57-42/h6-17,34-36,52-53H,18-27H2,1-5H3/t34-,35+,36-,40-,41+,43-,58?/m0/s1. The number of aliphatic hydroxyl groups is 2. The number of allylic oxidation sites excluding steroid dienone is 1. The molecular weight excluding hydrogens is 810 g/mol. The predicted molar refractivity (Wildman–Crippen MR) is 215 cm³/mol. The average molecular weight is 862 g/mol. The van der Waals surface area contributed by atoms with Crippen molar-refractivity contribution in [2.45, 2.75) is 124 Å². The maximum atomic E-state index is 15.6. The SMILES string of the molecule is Cc1ccc(S(=O)(=O)N=S(C)c2ccc(-c3ccc([C@H]4C[C@@]5(C)[C@@H](CC[C@@]5(O)C(F)(F)C(F)(F)F)[C@@H]5CC[C@@]6(O)CC7(CCC6=C54)OCC(C)(C)CO7)cc3)cc2)cc1. The minimum Gasteiger partial charge on any atom is -0.385 e. The van der Waals surface area contributed by atoms with Crippen LogP contribution in [0.3, 0.4) is 0 Å². The molecule has 1 heterocycles. The van der Waals surface area contributed by atoms with Crippen molar-refractivity contribution in [1.82, 2.24) is 0 Å². The molecule has 1 unspecified atom stereocenters. The molecule has 1 aliphatic heterocycles. The second kappa shape index (κ2) is 14.3. The summed E-state index contributed by atoms with van der Waals surface area (Å²) in [7, 11) is -4.85. The average Bonchev–Trinajstić information content (AvgIpc) is 3.46. The van der Waals surface area contributed by atoms with Crippen LogP contribution in [0.2, 0.25) is 0 Å². The number of nitrogens with zero attached hydrogens (tertiary/aromatic N) is 1. The van der Waals surface area contributed by atoms with Crippen molar-refractivity contribution < 1.29 is 50.1 Å². The summed E-state index contributed by atoms with van der Waals surface area (Å²) in [4.78, 5) is 0.843. The molecule has 7 atom stereocenters. The van der Waals surface area contributed by atoms with Crippen LogP contribution in [0.15, 0.2) is 97.5 Å². The molecule has 0 radical (unpaired) electrons. The van der Waals surface area contributed by atoms with Crippen molar-refractivity contribution in [3.8, 4) is 11.1 Å². The van der Waals surface area contributed by atoms with Crippen molar-refractivity contribution in [3.63, 3.8) is 0 Å². The molecule has 3 saturated carbocycles. The fourth-order valence-corrected chi connectivity index (χ4v) is 13.9. The Morgan fingerprint density at radius 1 is 0.814 bits per heavy atom. The van der Waals surface area contributed by atoms with E-state index in [1.807, 2.05) is 69.3 Å². The zero-order valence-corrected chi connectivity index (χ0v) is 35.5. The van der Waals surface area contributed by atoms with E-state index in [2.05, 4.69) is 3.77 Å². The Balaban J connectivity index is 1.14. The van der Waals surface area contributed by atoms with Crippen molar-refractivity contribution in [2.75, 3.05) is 19.5 Å². The van der Waals surface area contributed by atoms with Crippen LogP contribution in [0.1, 0.15) is 89.2 Å². The van der Waals surface area contributed by atoms with E-state index in [0.29, 0.717) is 38.0 Å². The van der Waals surface area contributed by atoms with Gasteiger partial charge in [0, 0.05) is 34.5 Å². The van der Waals surface area contributed by atoms with Gasteiger partial charge in [0.2, 0.25) is 0 Å². The molecular formula is C45H52F5NO6S2. The summed E-state index contributed by atoms with van der Waals surface area (Å²) >= 11 is 0. The minimum atomic E-state index is -5.94. The van der Waals surface area contributed by atoms with Crippen molar-refractivity contribution >= 4 is 20.7 Å². The van der Waals surface area contributed by atoms with Crippen LogP contribution >= 0.6 is 0 Å². The van der Waals surface area contributed by atoms with E-state index in [1.165, 1.54) is 19.1 Å². The number of ether oxygens (including phenoxy) is 2. The van der Waals surface area contributed by atoms with E-state index in [1.54, 1.807) is 18.4 Å². The monoisotopic (exact) mass is 861 g/mol. The molecule has 320 valence electrons. The molecule has 1 spiro atoms. The third-order valence-corrected chi connectivity index (χ3v) is 17.8. The molecule has 4 fully saturated rings. The molecule has 0 bridgehead atoms. The largest absolute Gasteiger partial charge is 0.456 e. The zero-order chi connectivity index (χ0) is 42.6. The van der Waals surface area contributed by atoms with E-state index in [-0.39, 0.29) is 36.0 Å². The summed E-state index contributed by atoms with van der Waals surface area (Å²) < 4.78 is 116. The summed E-state index contributed by atoms with van der Waals surface area (Å²) in [6.07, 6.45) is -3.29. The summed E-state index contributed by atoms with van der Waals surface area (Å²) in [5.74, 6) is -8.01. The van der Waals surface area contributed by atoms with Gasteiger partial charge in [-0.25, -0.2) is 0 Å². The first kappa shape index (κ1) is 42.7. The highest BCUT2D eigenvalue weighted by molar-refractivity contribution is 7.99. The minimum absolute atomic E-state index is 0.00971. The molecule has 1 saturated heterocycles. The third-order valence-electron chi connectivity index (χ3n) is 14.3. The van der Waals surface area contributed by atoms with Crippen molar-refractivity contribution in [3.05, 3.63) is 95.1 Å². The fraction of sp³-hybridized carbons (Fsp3) is 0.556. The number of hydrogen-bond donors (Lipinski definition) is 2. The molecule has 59 heavy (non-hydrogen) atoms. The molecule has 8 rings (SSSR count). The first-order valence-electron chi connectivity index (χ1n) is 20.3. The molecule has 0 aromatic heterocycles.